The highest BCUT2D eigenvalue weighted by Crippen LogP contribution is 2.26. The number of rotatable bonds is 10. The molecule has 0 heterocycles. The van der Waals surface area contributed by atoms with Gasteiger partial charge in [-0.3, -0.25) is 19.2 Å². The molecule has 0 aliphatic rings. The second-order valence-electron chi connectivity index (χ2n) is 8.79. The van der Waals surface area contributed by atoms with Crippen LogP contribution in [0.2, 0.25) is 10.0 Å². The monoisotopic (exact) mass is 558 g/mol. The predicted octanol–water partition coefficient (Wildman–Crippen LogP) is 6.96. The summed E-state index contributed by atoms with van der Waals surface area (Å²) in [5, 5.41) is 6.41. The molecule has 8 heteroatoms. The van der Waals surface area contributed by atoms with Gasteiger partial charge >= 0.3 is 0 Å². The van der Waals surface area contributed by atoms with Crippen LogP contribution in [0.3, 0.4) is 0 Å². The maximum Gasteiger partial charge on any atom is 0.235 e. The highest BCUT2D eigenvalue weighted by atomic mass is 35.5. The summed E-state index contributed by atoms with van der Waals surface area (Å²) in [7, 11) is 0. The molecule has 0 radical (unpaired) electrons. The minimum atomic E-state index is -1.34. The summed E-state index contributed by atoms with van der Waals surface area (Å²) in [6, 6.07) is 29.4. The molecule has 4 aromatic rings. The van der Waals surface area contributed by atoms with Gasteiger partial charge < -0.3 is 10.6 Å². The molecule has 0 bridgehead atoms. The number of nitrogens with one attached hydrogen (secondary N) is 2. The molecular formula is C31H24Cl2N2O4. The van der Waals surface area contributed by atoms with E-state index in [0.29, 0.717) is 21.4 Å². The van der Waals surface area contributed by atoms with Crippen molar-refractivity contribution in [1.82, 2.24) is 0 Å². The van der Waals surface area contributed by atoms with Gasteiger partial charge in [0.15, 0.2) is 11.6 Å². The molecule has 4 rings (SSSR count). The van der Waals surface area contributed by atoms with E-state index in [-0.39, 0.29) is 17.5 Å². The van der Waals surface area contributed by atoms with Gasteiger partial charge in [0.2, 0.25) is 11.8 Å². The van der Waals surface area contributed by atoms with E-state index in [0.717, 1.165) is 0 Å². The zero-order valence-electron chi connectivity index (χ0n) is 20.6. The second-order valence-corrected chi connectivity index (χ2v) is 9.67. The number of carbonyl (C=O) groups excluding carboxylic acids is 4. The lowest BCUT2D eigenvalue weighted by Gasteiger charge is -2.22. The Balaban J connectivity index is 1.68. The molecule has 2 amide bonds. The Bertz CT molecular complexity index is 1350. The molecule has 0 spiro atoms. The largest absolute Gasteiger partial charge is 0.325 e. The summed E-state index contributed by atoms with van der Waals surface area (Å²) < 4.78 is 0. The Kier molecular flexibility index (Phi) is 9.26. The van der Waals surface area contributed by atoms with Crippen LogP contribution in [0.5, 0.6) is 0 Å². The molecule has 0 fully saturated rings. The van der Waals surface area contributed by atoms with Crippen molar-refractivity contribution in [3.05, 3.63) is 130 Å². The van der Waals surface area contributed by atoms with Crippen molar-refractivity contribution in [1.29, 1.82) is 0 Å². The smallest absolute Gasteiger partial charge is 0.235 e. The van der Waals surface area contributed by atoms with Crippen LogP contribution in [0.1, 0.15) is 27.1 Å². The molecule has 39 heavy (non-hydrogen) atoms. The third-order valence-electron chi connectivity index (χ3n) is 6.08. The van der Waals surface area contributed by atoms with Crippen molar-refractivity contribution >= 4 is 58.0 Å². The van der Waals surface area contributed by atoms with Crippen LogP contribution < -0.4 is 10.6 Å². The minimum absolute atomic E-state index is 0.290. The van der Waals surface area contributed by atoms with Crippen molar-refractivity contribution in [3.63, 3.8) is 0 Å². The first kappa shape index (κ1) is 27.8. The van der Waals surface area contributed by atoms with E-state index in [9.17, 15) is 19.2 Å². The SMILES string of the molecule is O=C(Nc1ccc(Cl)cc1)C(CC(C(=O)Nc1ccc(Cl)cc1)C(=O)c1ccccc1)C(=O)c1ccccc1. The van der Waals surface area contributed by atoms with E-state index >= 15 is 0 Å². The normalized spacial score (nSPS) is 12.2. The summed E-state index contributed by atoms with van der Waals surface area (Å²) in [6.45, 7) is 0. The molecular weight excluding hydrogens is 535 g/mol. The maximum atomic E-state index is 13.6. The van der Waals surface area contributed by atoms with Gasteiger partial charge in [-0.05, 0) is 55.0 Å². The number of carbonyl (C=O) groups is 4. The number of halogens is 2. The lowest BCUT2D eigenvalue weighted by Crippen LogP contribution is -2.38. The van der Waals surface area contributed by atoms with Crippen molar-refractivity contribution in [2.75, 3.05) is 10.6 Å². The molecule has 2 N–H and O–H groups in total. The summed E-state index contributed by atoms with van der Waals surface area (Å²) in [6.07, 6.45) is -0.347. The predicted molar refractivity (Wildman–Crippen MR) is 153 cm³/mol. The molecule has 2 atom stereocenters. The fourth-order valence-electron chi connectivity index (χ4n) is 4.03. The highest BCUT2D eigenvalue weighted by Gasteiger charge is 2.37. The Labute approximate surface area is 236 Å². The zero-order valence-corrected chi connectivity index (χ0v) is 22.2. The van der Waals surface area contributed by atoms with E-state index in [4.69, 9.17) is 23.2 Å². The Hall–Kier alpha value is -4.26. The minimum Gasteiger partial charge on any atom is -0.325 e. The van der Waals surface area contributed by atoms with Crippen LogP contribution in [-0.4, -0.2) is 23.4 Å². The van der Waals surface area contributed by atoms with Crippen LogP contribution in [0.4, 0.5) is 11.4 Å². The van der Waals surface area contributed by atoms with Crippen LogP contribution in [0.15, 0.2) is 109 Å². The quantitative estimate of drug-likeness (QED) is 0.162. The van der Waals surface area contributed by atoms with Gasteiger partial charge in [0, 0.05) is 32.5 Å². The number of Topliss-reactive ketones (excluding diaryl/α,β-unsaturated/α-hetero) is 2. The lowest BCUT2D eigenvalue weighted by atomic mass is 9.83. The Morgan fingerprint density at radius 1 is 0.513 bits per heavy atom. The van der Waals surface area contributed by atoms with Gasteiger partial charge in [0.05, 0.1) is 0 Å². The number of anilines is 2. The van der Waals surface area contributed by atoms with Gasteiger partial charge in [-0.1, -0.05) is 83.9 Å². The fourth-order valence-corrected chi connectivity index (χ4v) is 4.29. The fraction of sp³-hybridized carbons (Fsp3) is 0.0968. The molecule has 196 valence electrons. The molecule has 4 aromatic carbocycles. The summed E-state index contributed by atoms with van der Waals surface area (Å²) in [5.74, 6) is -4.97. The third-order valence-corrected chi connectivity index (χ3v) is 6.58. The number of ketones is 2. The van der Waals surface area contributed by atoms with Crippen LogP contribution >= 0.6 is 23.2 Å². The molecule has 0 aliphatic heterocycles. The van der Waals surface area contributed by atoms with Crippen LogP contribution in [-0.2, 0) is 9.59 Å². The van der Waals surface area contributed by atoms with Gasteiger partial charge in [-0.15, -0.1) is 0 Å². The van der Waals surface area contributed by atoms with Crippen molar-refractivity contribution in [2.45, 2.75) is 6.42 Å². The van der Waals surface area contributed by atoms with Crippen LogP contribution in [0, 0.1) is 11.8 Å². The van der Waals surface area contributed by atoms with Crippen molar-refractivity contribution < 1.29 is 19.2 Å². The Morgan fingerprint density at radius 2 is 0.846 bits per heavy atom. The number of hydrogen-bond acceptors (Lipinski definition) is 4. The number of benzene rings is 4. The first-order valence-electron chi connectivity index (χ1n) is 12.1. The number of hydrogen-bond donors (Lipinski definition) is 2. The summed E-state index contributed by atoms with van der Waals surface area (Å²) in [5.41, 5.74) is 1.43. The standard InChI is InChI=1S/C31H24Cl2N2O4/c32-22-11-15-24(16-12-22)34-30(38)26(28(36)20-7-3-1-4-8-20)19-27(29(37)21-9-5-2-6-10-21)31(39)35-25-17-13-23(33)14-18-25/h1-18,26-27H,19H2,(H,34,38)(H,35,39). The molecule has 0 saturated heterocycles. The van der Waals surface area contributed by atoms with E-state index < -0.39 is 35.2 Å². The van der Waals surface area contributed by atoms with Crippen LogP contribution in [0.25, 0.3) is 0 Å². The van der Waals surface area contributed by atoms with Gasteiger partial charge in [0.25, 0.3) is 0 Å². The maximum absolute atomic E-state index is 13.6. The van der Waals surface area contributed by atoms with Gasteiger partial charge in [-0.25, -0.2) is 0 Å². The third kappa shape index (κ3) is 7.41. The van der Waals surface area contributed by atoms with E-state index in [2.05, 4.69) is 10.6 Å². The second kappa shape index (κ2) is 13.0. The molecule has 0 aliphatic carbocycles. The number of amides is 2. The molecule has 2 unspecified atom stereocenters. The summed E-state index contributed by atoms with van der Waals surface area (Å²) in [4.78, 5) is 54.2. The van der Waals surface area contributed by atoms with Gasteiger partial charge in [0.1, 0.15) is 11.8 Å². The first-order valence-corrected chi connectivity index (χ1v) is 12.9. The average Bonchev–Trinajstić information content (AvgIpc) is 2.96. The Morgan fingerprint density at radius 3 is 1.18 bits per heavy atom. The summed E-state index contributed by atoms with van der Waals surface area (Å²) >= 11 is 11.9. The first-order chi connectivity index (χ1) is 18.8. The van der Waals surface area contributed by atoms with E-state index in [1.807, 2.05) is 0 Å². The average molecular weight is 559 g/mol. The highest BCUT2D eigenvalue weighted by molar-refractivity contribution is 6.31. The van der Waals surface area contributed by atoms with E-state index in [1.54, 1.807) is 109 Å². The molecule has 6 nitrogen and oxygen atoms in total. The van der Waals surface area contributed by atoms with Gasteiger partial charge in [-0.2, -0.15) is 0 Å². The lowest BCUT2D eigenvalue weighted by molar-refractivity contribution is -0.120. The molecule has 0 saturated carbocycles. The van der Waals surface area contributed by atoms with Crippen molar-refractivity contribution in [2.24, 2.45) is 11.8 Å². The molecule has 0 aromatic heterocycles. The zero-order chi connectivity index (χ0) is 27.8. The topological polar surface area (TPSA) is 92.3 Å². The van der Waals surface area contributed by atoms with E-state index in [1.165, 1.54) is 0 Å². The van der Waals surface area contributed by atoms with Crippen molar-refractivity contribution in [3.8, 4) is 0 Å².